The maximum Gasteiger partial charge on any atom is 0.303 e. The molecule has 3 aromatic carbocycles. The standard InChI is InChI=1S/C31H31N3O3/c1-21(18-29(35)36)12-14-27-30(23-10-6-3-7-11-23)33-26-15-13-24(19-28(26)32-27)31(37)34-17-16-25(20-34)22-8-4-2-5-9-22/h2-11,13,15,19,21,25H,12,14,16-18,20H2,1H3,(H,35,36)/t21-,25+/m0/s1. The van der Waals surface area contributed by atoms with Gasteiger partial charge in [-0.15, -0.1) is 0 Å². The predicted molar refractivity (Wildman–Crippen MR) is 144 cm³/mol. The van der Waals surface area contributed by atoms with Crippen molar-refractivity contribution in [2.45, 2.75) is 38.5 Å². The van der Waals surface area contributed by atoms with E-state index in [4.69, 9.17) is 15.1 Å². The summed E-state index contributed by atoms with van der Waals surface area (Å²) < 4.78 is 0. The Kier molecular flexibility index (Phi) is 7.26. The molecule has 0 bridgehead atoms. The van der Waals surface area contributed by atoms with Crippen LogP contribution in [0, 0.1) is 5.92 Å². The van der Waals surface area contributed by atoms with Crippen LogP contribution in [0.25, 0.3) is 22.3 Å². The van der Waals surface area contributed by atoms with E-state index in [1.165, 1.54) is 5.56 Å². The van der Waals surface area contributed by atoms with E-state index in [9.17, 15) is 9.59 Å². The molecule has 0 radical (unpaired) electrons. The minimum atomic E-state index is -0.792. The zero-order valence-corrected chi connectivity index (χ0v) is 21.0. The van der Waals surface area contributed by atoms with Crippen LogP contribution in [0.1, 0.15) is 53.7 Å². The van der Waals surface area contributed by atoms with Crippen LogP contribution in [0.3, 0.4) is 0 Å². The number of aromatic nitrogens is 2. The molecular weight excluding hydrogens is 462 g/mol. The first-order valence-electron chi connectivity index (χ1n) is 12.9. The number of nitrogens with zero attached hydrogens (tertiary/aromatic N) is 3. The second-order valence-corrected chi connectivity index (χ2v) is 9.98. The Bertz CT molecular complexity index is 1410. The SMILES string of the molecule is C[C@@H](CCc1nc2cc(C(=O)N3CC[C@@H](c4ccccc4)C3)ccc2nc1-c1ccccc1)CC(=O)O. The van der Waals surface area contributed by atoms with Crippen molar-refractivity contribution in [3.63, 3.8) is 0 Å². The number of aryl methyl sites for hydroxylation is 1. The molecule has 6 nitrogen and oxygen atoms in total. The number of carboxylic acids is 1. The fourth-order valence-corrected chi connectivity index (χ4v) is 5.13. The topological polar surface area (TPSA) is 83.4 Å². The van der Waals surface area contributed by atoms with E-state index in [2.05, 4.69) is 12.1 Å². The number of fused-ring (bicyclic) bond motifs is 1. The molecule has 0 aliphatic carbocycles. The van der Waals surface area contributed by atoms with Gasteiger partial charge in [-0.05, 0) is 48.9 Å². The second-order valence-electron chi connectivity index (χ2n) is 9.98. The van der Waals surface area contributed by atoms with Gasteiger partial charge in [0.05, 0.1) is 22.4 Å². The van der Waals surface area contributed by atoms with E-state index >= 15 is 0 Å². The summed E-state index contributed by atoms with van der Waals surface area (Å²) in [6, 6.07) is 25.9. The third-order valence-electron chi connectivity index (χ3n) is 7.17. The first kappa shape index (κ1) is 24.6. The summed E-state index contributed by atoms with van der Waals surface area (Å²) >= 11 is 0. The molecule has 4 aromatic rings. The lowest BCUT2D eigenvalue weighted by atomic mass is 9.98. The first-order valence-corrected chi connectivity index (χ1v) is 12.9. The Morgan fingerprint density at radius 1 is 0.973 bits per heavy atom. The van der Waals surface area contributed by atoms with Crippen molar-refractivity contribution >= 4 is 22.9 Å². The monoisotopic (exact) mass is 493 g/mol. The summed E-state index contributed by atoms with van der Waals surface area (Å²) in [5.74, 6) is -0.386. The van der Waals surface area contributed by atoms with Gasteiger partial charge >= 0.3 is 5.97 Å². The van der Waals surface area contributed by atoms with Crippen molar-refractivity contribution in [2.24, 2.45) is 5.92 Å². The molecule has 0 spiro atoms. The van der Waals surface area contributed by atoms with Crippen molar-refractivity contribution in [3.8, 4) is 11.3 Å². The Balaban J connectivity index is 1.42. The molecule has 1 aromatic heterocycles. The Labute approximate surface area is 217 Å². The fraction of sp³-hybridized carbons (Fsp3) is 0.290. The minimum Gasteiger partial charge on any atom is -0.481 e. The average Bonchev–Trinajstić information content (AvgIpc) is 3.42. The molecule has 5 rings (SSSR count). The number of likely N-dealkylation sites (tertiary alicyclic amines) is 1. The van der Waals surface area contributed by atoms with Gasteiger partial charge in [-0.1, -0.05) is 67.6 Å². The summed E-state index contributed by atoms with van der Waals surface area (Å²) in [6.07, 6.45) is 2.40. The van der Waals surface area contributed by atoms with Gasteiger partial charge in [0.2, 0.25) is 0 Å². The van der Waals surface area contributed by atoms with Crippen molar-refractivity contribution < 1.29 is 14.7 Å². The van der Waals surface area contributed by atoms with Crippen molar-refractivity contribution in [2.75, 3.05) is 13.1 Å². The first-order chi connectivity index (χ1) is 18.0. The van der Waals surface area contributed by atoms with E-state index in [-0.39, 0.29) is 18.2 Å². The molecule has 2 atom stereocenters. The number of rotatable bonds is 8. The molecule has 188 valence electrons. The lowest BCUT2D eigenvalue weighted by Crippen LogP contribution is -2.28. The predicted octanol–water partition coefficient (Wildman–Crippen LogP) is 5.97. The summed E-state index contributed by atoms with van der Waals surface area (Å²) in [4.78, 5) is 36.3. The zero-order chi connectivity index (χ0) is 25.8. The van der Waals surface area contributed by atoms with E-state index in [1.54, 1.807) is 0 Å². The summed E-state index contributed by atoms with van der Waals surface area (Å²) in [5.41, 5.74) is 5.92. The van der Waals surface area contributed by atoms with Crippen molar-refractivity contribution in [1.82, 2.24) is 14.9 Å². The van der Waals surface area contributed by atoms with E-state index in [0.29, 0.717) is 36.4 Å². The Morgan fingerprint density at radius 3 is 2.43 bits per heavy atom. The van der Waals surface area contributed by atoms with Gasteiger partial charge in [0, 0.05) is 36.6 Å². The highest BCUT2D eigenvalue weighted by molar-refractivity contribution is 5.97. The molecule has 2 heterocycles. The van der Waals surface area contributed by atoms with Gasteiger partial charge in [-0.2, -0.15) is 0 Å². The highest BCUT2D eigenvalue weighted by Crippen LogP contribution is 2.29. The maximum atomic E-state index is 13.4. The molecule has 6 heteroatoms. The van der Waals surface area contributed by atoms with Crippen LogP contribution in [0.4, 0.5) is 0 Å². The molecule has 1 N–H and O–H groups in total. The molecule has 37 heavy (non-hydrogen) atoms. The zero-order valence-electron chi connectivity index (χ0n) is 21.0. The molecule has 0 saturated carbocycles. The summed E-state index contributed by atoms with van der Waals surface area (Å²) in [5, 5.41) is 9.14. The van der Waals surface area contributed by atoms with E-state index in [1.807, 2.05) is 78.6 Å². The van der Waals surface area contributed by atoms with Crippen LogP contribution >= 0.6 is 0 Å². The van der Waals surface area contributed by atoms with Crippen LogP contribution in [0.15, 0.2) is 78.9 Å². The largest absolute Gasteiger partial charge is 0.481 e. The minimum absolute atomic E-state index is 0.0193. The number of benzene rings is 3. The van der Waals surface area contributed by atoms with E-state index in [0.717, 1.165) is 35.4 Å². The normalized spacial score (nSPS) is 16.1. The van der Waals surface area contributed by atoms with Crippen LogP contribution < -0.4 is 0 Å². The van der Waals surface area contributed by atoms with Gasteiger partial charge in [0.25, 0.3) is 5.91 Å². The second kappa shape index (κ2) is 10.9. The van der Waals surface area contributed by atoms with Crippen LogP contribution in [-0.2, 0) is 11.2 Å². The number of carbonyl (C=O) groups is 2. The number of hydrogen-bond donors (Lipinski definition) is 1. The lowest BCUT2D eigenvalue weighted by Gasteiger charge is -2.17. The molecule has 1 aliphatic rings. The van der Waals surface area contributed by atoms with Gasteiger partial charge in [0.15, 0.2) is 0 Å². The third-order valence-corrected chi connectivity index (χ3v) is 7.17. The molecule has 1 aliphatic heterocycles. The van der Waals surface area contributed by atoms with Crippen molar-refractivity contribution in [3.05, 3.63) is 95.7 Å². The van der Waals surface area contributed by atoms with Gasteiger partial charge < -0.3 is 10.0 Å². The van der Waals surface area contributed by atoms with Gasteiger partial charge in [-0.25, -0.2) is 9.97 Å². The fourth-order valence-electron chi connectivity index (χ4n) is 5.13. The summed E-state index contributed by atoms with van der Waals surface area (Å²) in [7, 11) is 0. The van der Waals surface area contributed by atoms with Crippen molar-refractivity contribution in [1.29, 1.82) is 0 Å². The molecule has 0 unspecified atom stereocenters. The highest BCUT2D eigenvalue weighted by Gasteiger charge is 2.28. The van der Waals surface area contributed by atoms with Crippen LogP contribution in [-0.4, -0.2) is 44.9 Å². The molecular formula is C31H31N3O3. The molecule has 1 fully saturated rings. The Morgan fingerprint density at radius 2 is 1.70 bits per heavy atom. The average molecular weight is 494 g/mol. The number of carboxylic acid groups (broad SMARTS) is 1. The third kappa shape index (κ3) is 5.69. The van der Waals surface area contributed by atoms with Gasteiger partial charge in [-0.3, -0.25) is 9.59 Å². The number of aliphatic carboxylic acids is 1. The Hall–Kier alpha value is -4.06. The van der Waals surface area contributed by atoms with E-state index < -0.39 is 5.97 Å². The molecule has 1 saturated heterocycles. The molecule has 1 amide bonds. The number of hydrogen-bond acceptors (Lipinski definition) is 4. The number of amides is 1. The summed E-state index contributed by atoms with van der Waals surface area (Å²) in [6.45, 7) is 3.40. The smallest absolute Gasteiger partial charge is 0.303 e. The highest BCUT2D eigenvalue weighted by atomic mass is 16.4. The number of carbonyl (C=O) groups excluding carboxylic acids is 1. The quantitative estimate of drug-likeness (QED) is 0.327. The lowest BCUT2D eigenvalue weighted by molar-refractivity contribution is -0.138. The van der Waals surface area contributed by atoms with Gasteiger partial charge in [0.1, 0.15) is 0 Å². The van der Waals surface area contributed by atoms with Crippen LogP contribution in [0.2, 0.25) is 0 Å². The van der Waals surface area contributed by atoms with Crippen LogP contribution in [0.5, 0.6) is 0 Å². The maximum absolute atomic E-state index is 13.4.